The normalized spacial score (nSPS) is 10.9. The number of pyridine rings is 2. The van der Waals surface area contributed by atoms with Crippen LogP contribution >= 0.6 is 0 Å². The summed E-state index contributed by atoms with van der Waals surface area (Å²) >= 11 is 0. The Kier molecular flexibility index (Phi) is 5.32. The zero-order chi connectivity index (χ0) is 15.8. The van der Waals surface area contributed by atoms with Crippen LogP contribution in [-0.2, 0) is 4.79 Å². The molecule has 0 unspecified atom stereocenters. The Bertz CT molecular complexity index is 694. The van der Waals surface area contributed by atoms with Crippen LogP contribution in [0.3, 0.4) is 0 Å². The Morgan fingerprint density at radius 2 is 1.32 bits per heavy atom. The van der Waals surface area contributed by atoms with Gasteiger partial charge in [0.25, 0.3) is 0 Å². The quantitative estimate of drug-likeness (QED) is 0.753. The largest absolute Gasteiger partial charge is 0.290 e. The van der Waals surface area contributed by atoms with Gasteiger partial charge in [-0.25, -0.2) is 0 Å². The van der Waals surface area contributed by atoms with Gasteiger partial charge in [0.05, 0.1) is 11.4 Å². The summed E-state index contributed by atoms with van der Waals surface area (Å²) in [6.07, 6.45) is 13.1. The maximum Gasteiger partial charge on any atom is 0.178 e. The second-order valence-electron chi connectivity index (χ2n) is 4.43. The smallest absolute Gasteiger partial charge is 0.178 e. The van der Waals surface area contributed by atoms with Gasteiger partial charge >= 0.3 is 0 Å². The summed E-state index contributed by atoms with van der Waals surface area (Å²) in [5.74, 6) is -0.138. The van der Waals surface area contributed by atoms with Gasteiger partial charge in [-0.05, 0) is 47.6 Å². The lowest BCUT2D eigenvalue weighted by molar-refractivity contribution is -0.110. The fraction of sp³-hybridized carbons (Fsp3) is 0. The van der Waals surface area contributed by atoms with Crippen molar-refractivity contribution in [2.45, 2.75) is 0 Å². The number of rotatable bonds is 6. The van der Waals surface area contributed by atoms with Crippen molar-refractivity contribution in [2.24, 2.45) is 0 Å². The maximum atomic E-state index is 11.9. The van der Waals surface area contributed by atoms with Crippen LogP contribution in [0.4, 0.5) is 0 Å². The van der Waals surface area contributed by atoms with Gasteiger partial charge in [-0.3, -0.25) is 14.8 Å². The Morgan fingerprint density at radius 1 is 0.864 bits per heavy atom. The first-order valence-corrected chi connectivity index (χ1v) is 6.79. The third-order valence-corrected chi connectivity index (χ3v) is 2.99. The Hall–Kier alpha value is -3.07. The van der Waals surface area contributed by atoms with Crippen molar-refractivity contribution in [1.82, 2.24) is 9.97 Å². The second-order valence-corrected chi connectivity index (χ2v) is 4.43. The highest BCUT2D eigenvalue weighted by Gasteiger charge is 1.98. The van der Waals surface area contributed by atoms with Crippen LogP contribution in [0.2, 0.25) is 0 Å². The van der Waals surface area contributed by atoms with Gasteiger partial charge in [0.1, 0.15) is 0 Å². The molecule has 0 aliphatic carbocycles. The molecule has 0 radical (unpaired) electrons. The maximum absolute atomic E-state index is 11.9. The topological polar surface area (TPSA) is 42.9 Å². The minimum atomic E-state index is -0.138. The van der Waals surface area contributed by atoms with Crippen molar-refractivity contribution in [3.63, 3.8) is 0 Å². The van der Waals surface area contributed by atoms with E-state index < -0.39 is 0 Å². The van der Waals surface area contributed by atoms with E-state index in [0.717, 1.165) is 11.1 Å². The van der Waals surface area contributed by atoms with Gasteiger partial charge < -0.3 is 0 Å². The zero-order valence-electron chi connectivity index (χ0n) is 12.1. The van der Waals surface area contributed by atoms with Crippen LogP contribution in [0.1, 0.15) is 22.5 Å². The zero-order valence-corrected chi connectivity index (χ0v) is 12.1. The number of nitrogens with zero attached hydrogens (tertiary/aromatic N) is 2. The fourth-order valence-corrected chi connectivity index (χ4v) is 1.86. The van der Waals surface area contributed by atoms with E-state index in [1.807, 2.05) is 24.3 Å². The third-order valence-electron chi connectivity index (χ3n) is 2.99. The molecule has 0 saturated heterocycles. The first kappa shape index (κ1) is 15.3. The number of ketones is 1. The van der Waals surface area contributed by atoms with Gasteiger partial charge in [0, 0.05) is 12.4 Å². The average molecular weight is 288 g/mol. The molecular formula is C19H16N2O. The predicted octanol–water partition coefficient (Wildman–Crippen LogP) is 4.06. The van der Waals surface area contributed by atoms with Crippen molar-refractivity contribution in [2.75, 3.05) is 0 Å². The highest BCUT2D eigenvalue weighted by molar-refractivity contribution is 6.04. The lowest BCUT2D eigenvalue weighted by Gasteiger charge is -1.98. The first-order valence-electron chi connectivity index (χ1n) is 6.79. The molecule has 0 saturated carbocycles. The van der Waals surface area contributed by atoms with Gasteiger partial charge in [-0.2, -0.15) is 0 Å². The Balaban J connectivity index is 2.13. The minimum Gasteiger partial charge on any atom is -0.290 e. The number of allylic oxidation sites excluding steroid dienone is 2. The van der Waals surface area contributed by atoms with E-state index in [9.17, 15) is 4.79 Å². The molecule has 2 rings (SSSR count). The molecule has 22 heavy (non-hydrogen) atoms. The minimum absolute atomic E-state index is 0.138. The second kappa shape index (κ2) is 7.64. The molecule has 108 valence electrons. The highest BCUT2D eigenvalue weighted by Crippen LogP contribution is 2.10. The monoisotopic (exact) mass is 288 g/mol. The third kappa shape index (κ3) is 3.96. The average Bonchev–Trinajstić information content (AvgIpc) is 2.58. The van der Waals surface area contributed by atoms with Crippen LogP contribution in [-0.4, -0.2) is 15.8 Å². The summed E-state index contributed by atoms with van der Waals surface area (Å²) in [5.41, 5.74) is 3.19. The summed E-state index contributed by atoms with van der Waals surface area (Å²) < 4.78 is 0. The molecule has 2 heterocycles. The fourth-order valence-electron chi connectivity index (χ4n) is 1.86. The van der Waals surface area contributed by atoms with Gasteiger partial charge in [0.2, 0.25) is 0 Å². The molecule has 0 aliphatic rings. The molecule has 0 N–H and O–H groups in total. The molecule has 0 aromatic carbocycles. The number of aromatic nitrogens is 2. The van der Waals surface area contributed by atoms with Gasteiger partial charge in [0.15, 0.2) is 5.78 Å². The molecule has 2 aromatic rings. The Morgan fingerprint density at radius 3 is 1.73 bits per heavy atom. The molecule has 0 aliphatic heterocycles. The lowest BCUT2D eigenvalue weighted by atomic mass is 10.1. The molecule has 3 nitrogen and oxygen atoms in total. The van der Waals surface area contributed by atoms with Gasteiger partial charge in [-0.15, -0.1) is 0 Å². The van der Waals surface area contributed by atoms with E-state index in [4.69, 9.17) is 0 Å². The predicted molar refractivity (Wildman–Crippen MR) is 91.7 cm³/mol. The van der Waals surface area contributed by atoms with E-state index in [1.54, 1.807) is 36.7 Å². The van der Waals surface area contributed by atoms with Crippen LogP contribution in [0.25, 0.3) is 24.3 Å². The lowest BCUT2D eigenvalue weighted by Crippen LogP contribution is -1.90. The molecule has 0 spiro atoms. The number of carbonyl (C=O) groups is 1. The van der Waals surface area contributed by atoms with E-state index in [0.29, 0.717) is 11.4 Å². The van der Waals surface area contributed by atoms with Crippen molar-refractivity contribution in [3.8, 4) is 0 Å². The van der Waals surface area contributed by atoms with E-state index in [1.165, 1.54) is 12.2 Å². The Labute approximate surface area is 130 Å². The van der Waals surface area contributed by atoms with Crippen molar-refractivity contribution in [1.29, 1.82) is 0 Å². The number of hydrogen-bond acceptors (Lipinski definition) is 3. The summed E-state index contributed by atoms with van der Waals surface area (Å²) in [4.78, 5) is 20.3. The van der Waals surface area contributed by atoms with Crippen LogP contribution < -0.4 is 0 Å². The molecule has 2 aromatic heterocycles. The molecule has 3 heteroatoms. The molecule has 0 fully saturated rings. The highest BCUT2D eigenvalue weighted by atomic mass is 16.1. The molecule has 0 atom stereocenters. The molecular weight excluding hydrogens is 272 g/mol. The first-order chi connectivity index (χ1) is 10.7. The standard InChI is InChI=1S/C19H16N2O/c1-3-15-7-5-13-20-18(15)11-9-17(22)10-12-19-16(4-2)8-6-14-21-19/h3-14H,1-2H2/b11-9+,12-10+. The summed E-state index contributed by atoms with van der Waals surface area (Å²) in [6, 6.07) is 7.44. The van der Waals surface area contributed by atoms with Crippen LogP contribution in [0, 0.1) is 0 Å². The van der Waals surface area contributed by atoms with Crippen LogP contribution in [0.15, 0.2) is 62.0 Å². The van der Waals surface area contributed by atoms with Crippen LogP contribution in [0.5, 0.6) is 0 Å². The van der Waals surface area contributed by atoms with E-state index in [-0.39, 0.29) is 5.78 Å². The van der Waals surface area contributed by atoms with Crippen molar-refractivity contribution in [3.05, 3.63) is 84.5 Å². The van der Waals surface area contributed by atoms with E-state index in [2.05, 4.69) is 23.1 Å². The number of hydrogen-bond donors (Lipinski definition) is 0. The van der Waals surface area contributed by atoms with Crippen molar-refractivity contribution < 1.29 is 4.79 Å². The molecule has 0 bridgehead atoms. The number of carbonyl (C=O) groups excluding carboxylic acids is 1. The van der Waals surface area contributed by atoms with Gasteiger partial charge in [-0.1, -0.05) is 37.4 Å². The summed E-state index contributed by atoms with van der Waals surface area (Å²) in [6.45, 7) is 7.45. The molecule has 0 amide bonds. The van der Waals surface area contributed by atoms with E-state index >= 15 is 0 Å². The van der Waals surface area contributed by atoms with Crippen molar-refractivity contribution >= 4 is 30.1 Å². The SMILES string of the molecule is C=Cc1cccnc1/C=C/C(=O)/C=C/c1ncccc1C=C. The summed E-state index contributed by atoms with van der Waals surface area (Å²) in [5, 5.41) is 0. The summed E-state index contributed by atoms with van der Waals surface area (Å²) in [7, 11) is 0.